The molecule has 2 aromatic heterocycles. The minimum absolute atomic E-state index is 0.130. The Morgan fingerprint density at radius 2 is 1.34 bits per heavy atom. The zero-order chi connectivity index (χ0) is 22.9. The van der Waals surface area contributed by atoms with Crippen LogP contribution in [0.5, 0.6) is 0 Å². The summed E-state index contributed by atoms with van der Waals surface area (Å²) < 4.78 is 2.32. The molecule has 35 heavy (non-hydrogen) atoms. The van der Waals surface area contributed by atoms with Gasteiger partial charge in [-0.25, -0.2) is 9.97 Å². The Balaban J connectivity index is 1.53. The second-order valence-electron chi connectivity index (χ2n) is 9.09. The highest BCUT2D eigenvalue weighted by molar-refractivity contribution is 7.02. The van der Waals surface area contributed by atoms with E-state index < -0.39 is 0 Å². The van der Waals surface area contributed by atoms with E-state index in [0.717, 1.165) is 16.7 Å². The molecule has 0 amide bonds. The van der Waals surface area contributed by atoms with Gasteiger partial charge in [0.15, 0.2) is 0 Å². The average molecular weight is 446 g/mol. The number of nitrogens with zero attached hydrogens (tertiary/aromatic N) is 4. The van der Waals surface area contributed by atoms with E-state index in [4.69, 9.17) is 4.98 Å². The molecule has 0 aliphatic carbocycles. The fraction of sp³-hybridized carbons (Fsp3) is 0. The van der Waals surface area contributed by atoms with Crippen LogP contribution in [0.1, 0.15) is 0 Å². The summed E-state index contributed by atoms with van der Waals surface area (Å²) in [4.78, 5) is 11.6. The zero-order valence-electron chi connectivity index (χ0n) is 18.8. The molecule has 0 spiro atoms. The third-order valence-electron chi connectivity index (χ3n) is 7.35. The SMILES string of the molecule is c1ccc(N2c3ccccc3B3c4c(cccc42)-c2c3c3cncnc3n2-c2ccccc2)cc1. The molecule has 4 nitrogen and oxygen atoms in total. The Morgan fingerprint density at radius 3 is 2.17 bits per heavy atom. The summed E-state index contributed by atoms with van der Waals surface area (Å²) in [6.45, 7) is 0.130. The van der Waals surface area contributed by atoms with Crippen LogP contribution in [-0.4, -0.2) is 21.2 Å². The molecule has 0 saturated carbocycles. The number of para-hydroxylation sites is 3. The molecule has 4 heterocycles. The van der Waals surface area contributed by atoms with Gasteiger partial charge < -0.3 is 4.90 Å². The van der Waals surface area contributed by atoms with Crippen molar-refractivity contribution >= 4 is 51.2 Å². The highest BCUT2D eigenvalue weighted by Gasteiger charge is 2.45. The van der Waals surface area contributed by atoms with Gasteiger partial charge in [-0.3, -0.25) is 4.57 Å². The van der Waals surface area contributed by atoms with Gasteiger partial charge in [0.05, 0.1) is 5.69 Å². The molecular formula is C30H19BN4. The van der Waals surface area contributed by atoms with Crippen molar-refractivity contribution in [3.05, 3.63) is 116 Å². The van der Waals surface area contributed by atoms with Crippen molar-refractivity contribution in [2.75, 3.05) is 4.90 Å². The van der Waals surface area contributed by atoms with Crippen molar-refractivity contribution in [3.63, 3.8) is 0 Å². The highest BCUT2D eigenvalue weighted by atomic mass is 15.2. The zero-order valence-corrected chi connectivity index (χ0v) is 18.8. The summed E-state index contributed by atoms with van der Waals surface area (Å²) in [5.41, 5.74) is 12.1. The molecule has 2 aliphatic rings. The number of hydrogen-bond acceptors (Lipinski definition) is 3. The van der Waals surface area contributed by atoms with E-state index in [2.05, 4.69) is 118 Å². The van der Waals surface area contributed by atoms with Crippen LogP contribution in [0, 0.1) is 0 Å². The van der Waals surface area contributed by atoms with Gasteiger partial charge in [-0.05, 0) is 58.4 Å². The Morgan fingerprint density at radius 1 is 0.629 bits per heavy atom. The van der Waals surface area contributed by atoms with Crippen molar-refractivity contribution in [2.45, 2.75) is 0 Å². The van der Waals surface area contributed by atoms with Gasteiger partial charge in [0.1, 0.15) is 12.0 Å². The summed E-state index contributed by atoms with van der Waals surface area (Å²) in [6.07, 6.45) is 3.64. The van der Waals surface area contributed by atoms with Gasteiger partial charge in [0.25, 0.3) is 6.71 Å². The van der Waals surface area contributed by atoms with Gasteiger partial charge in [-0.15, -0.1) is 0 Å². The molecule has 6 aromatic rings. The van der Waals surface area contributed by atoms with E-state index in [1.54, 1.807) is 6.33 Å². The highest BCUT2D eigenvalue weighted by Crippen LogP contribution is 2.42. The summed E-state index contributed by atoms with van der Waals surface area (Å²) >= 11 is 0. The van der Waals surface area contributed by atoms with Crippen LogP contribution in [0.2, 0.25) is 0 Å². The summed E-state index contributed by atoms with van der Waals surface area (Å²) in [7, 11) is 0. The lowest BCUT2D eigenvalue weighted by atomic mass is 9.37. The van der Waals surface area contributed by atoms with Crippen LogP contribution in [0.15, 0.2) is 116 Å². The number of anilines is 3. The molecule has 0 N–H and O–H groups in total. The van der Waals surface area contributed by atoms with Crippen LogP contribution >= 0.6 is 0 Å². The smallest absolute Gasteiger partial charge is 0.251 e. The molecule has 0 radical (unpaired) electrons. The van der Waals surface area contributed by atoms with E-state index in [-0.39, 0.29) is 6.71 Å². The molecule has 162 valence electrons. The Hall–Kier alpha value is -4.64. The molecule has 0 bridgehead atoms. The van der Waals surface area contributed by atoms with Gasteiger partial charge >= 0.3 is 0 Å². The second-order valence-corrected chi connectivity index (χ2v) is 9.09. The summed E-state index contributed by atoms with van der Waals surface area (Å²) in [6, 6.07) is 36.7. The lowest BCUT2D eigenvalue weighted by Gasteiger charge is -2.35. The van der Waals surface area contributed by atoms with Gasteiger partial charge in [0.2, 0.25) is 0 Å². The number of aromatic nitrogens is 3. The molecule has 0 atom stereocenters. The summed E-state index contributed by atoms with van der Waals surface area (Å²) in [5, 5.41) is 1.11. The molecule has 5 heteroatoms. The monoisotopic (exact) mass is 446 g/mol. The molecule has 4 aromatic carbocycles. The third-order valence-corrected chi connectivity index (χ3v) is 7.35. The third kappa shape index (κ3) is 2.42. The lowest BCUT2D eigenvalue weighted by molar-refractivity contribution is 1.08. The van der Waals surface area contributed by atoms with Crippen LogP contribution in [0.25, 0.3) is 28.0 Å². The first-order valence-corrected chi connectivity index (χ1v) is 11.9. The predicted molar refractivity (Wildman–Crippen MR) is 144 cm³/mol. The molecule has 0 unspecified atom stereocenters. The van der Waals surface area contributed by atoms with Crippen molar-refractivity contribution in [1.29, 1.82) is 0 Å². The number of fused-ring (bicyclic) bond motifs is 7. The van der Waals surface area contributed by atoms with Crippen molar-refractivity contribution in [2.24, 2.45) is 0 Å². The second kappa shape index (κ2) is 6.94. The van der Waals surface area contributed by atoms with E-state index in [0.29, 0.717) is 0 Å². The first-order chi connectivity index (χ1) is 17.4. The van der Waals surface area contributed by atoms with Crippen LogP contribution in [0.3, 0.4) is 0 Å². The van der Waals surface area contributed by atoms with E-state index in [1.165, 1.54) is 44.7 Å². The molecular weight excluding hydrogens is 427 g/mol. The molecule has 0 saturated heterocycles. The van der Waals surface area contributed by atoms with E-state index >= 15 is 0 Å². The van der Waals surface area contributed by atoms with Crippen molar-refractivity contribution in [1.82, 2.24) is 14.5 Å². The maximum Gasteiger partial charge on any atom is 0.251 e. The van der Waals surface area contributed by atoms with Gasteiger partial charge in [-0.1, -0.05) is 66.7 Å². The number of benzene rings is 4. The van der Waals surface area contributed by atoms with Gasteiger partial charge in [0, 0.05) is 34.3 Å². The standard InChI is InChI=1S/C30H19BN4/c1-3-10-20(11-4-1)34-25-16-8-7-15-24(25)31-27-22(14-9-17-26(27)34)29-28(31)23-18-32-19-33-30(23)35(29)21-12-5-2-6-13-21/h1-19H. The summed E-state index contributed by atoms with van der Waals surface area (Å²) in [5.74, 6) is 0. The van der Waals surface area contributed by atoms with Crippen LogP contribution in [-0.2, 0) is 0 Å². The maximum atomic E-state index is 4.76. The number of rotatable bonds is 2. The van der Waals surface area contributed by atoms with Crippen molar-refractivity contribution in [3.8, 4) is 16.9 Å². The molecule has 8 rings (SSSR count). The predicted octanol–water partition coefficient (Wildman–Crippen LogP) is 4.70. The maximum absolute atomic E-state index is 4.76. The normalized spacial score (nSPS) is 13.0. The fourth-order valence-electron chi connectivity index (χ4n) is 6.06. The van der Waals surface area contributed by atoms with E-state index in [1.807, 2.05) is 6.20 Å². The minimum atomic E-state index is 0.130. The Kier molecular flexibility index (Phi) is 3.72. The first kappa shape index (κ1) is 18.8. The van der Waals surface area contributed by atoms with Crippen LogP contribution < -0.4 is 21.3 Å². The quantitative estimate of drug-likeness (QED) is 0.361. The fourth-order valence-corrected chi connectivity index (χ4v) is 6.06. The first-order valence-electron chi connectivity index (χ1n) is 11.9. The van der Waals surface area contributed by atoms with E-state index in [9.17, 15) is 0 Å². The largest absolute Gasteiger partial charge is 0.312 e. The minimum Gasteiger partial charge on any atom is -0.312 e. The Bertz CT molecular complexity index is 1760. The Labute approximate surface area is 203 Å². The van der Waals surface area contributed by atoms with Crippen molar-refractivity contribution < 1.29 is 0 Å². The molecule has 0 fully saturated rings. The van der Waals surface area contributed by atoms with Gasteiger partial charge in [-0.2, -0.15) is 0 Å². The topological polar surface area (TPSA) is 34.0 Å². The average Bonchev–Trinajstić information content (AvgIpc) is 3.44. The lowest BCUT2D eigenvalue weighted by Crippen LogP contribution is -2.54. The van der Waals surface area contributed by atoms with Crippen LogP contribution in [0.4, 0.5) is 17.1 Å². The molecule has 2 aliphatic heterocycles. The number of hydrogen-bond donors (Lipinski definition) is 0.